The Bertz CT molecular complexity index is 1210. The minimum Gasteiger partial charge on any atom is -0.462 e. The fraction of sp³-hybridized carbons (Fsp3) is 0.931. The molecule has 6 heteroatoms. The van der Waals surface area contributed by atoms with Gasteiger partial charge in [-0.2, -0.15) is 0 Å². The summed E-state index contributed by atoms with van der Waals surface area (Å²) in [6.45, 7) is 6.66. The molecular formula is C72H138O6. The Morgan fingerprint density at radius 1 is 0.244 bits per heavy atom. The lowest BCUT2D eigenvalue weighted by atomic mass is 10.0. The van der Waals surface area contributed by atoms with Crippen LogP contribution in [-0.4, -0.2) is 37.2 Å². The monoisotopic (exact) mass is 1100 g/mol. The highest BCUT2D eigenvalue weighted by atomic mass is 16.6. The van der Waals surface area contributed by atoms with E-state index in [2.05, 4.69) is 32.9 Å². The van der Waals surface area contributed by atoms with E-state index in [1.54, 1.807) is 0 Å². The van der Waals surface area contributed by atoms with Crippen molar-refractivity contribution < 1.29 is 28.6 Å². The van der Waals surface area contributed by atoms with Crippen molar-refractivity contribution in [1.29, 1.82) is 0 Å². The van der Waals surface area contributed by atoms with Crippen molar-refractivity contribution in [2.75, 3.05) is 13.2 Å². The van der Waals surface area contributed by atoms with Crippen molar-refractivity contribution >= 4 is 17.9 Å². The summed E-state index contributed by atoms with van der Waals surface area (Å²) in [5.41, 5.74) is 0. The first-order valence-corrected chi connectivity index (χ1v) is 35.7. The molecule has 0 rings (SSSR count). The van der Waals surface area contributed by atoms with E-state index in [1.165, 1.54) is 302 Å². The summed E-state index contributed by atoms with van der Waals surface area (Å²) in [5, 5.41) is 0. The van der Waals surface area contributed by atoms with Gasteiger partial charge in [-0.3, -0.25) is 14.4 Å². The van der Waals surface area contributed by atoms with Gasteiger partial charge in [-0.05, 0) is 38.5 Å². The number of unbranched alkanes of at least 4 members (excludes halogenated alkanes) is 54. The number of esters is 3. The van der Waals surface area contributed by atoms with E-state index in [9.17, 15) is 14.4 Å². The predicted molar refractivity (Wildman–Crippen MR) is 340 cm³/mol. The first-order chi connectivity index (χ1) is 38.5. The highest BCUT2D eigenvalue weighted by Gasteiger charge is 2.19. The van der Waals surface area contributed by atoms with E-state index in [4.69, 9.17) is 14.2 Å². The molecule has 6 nitrogen and oxygen atoms in total. The highest BCUT2D eigenvalue weighted by Crippen LogP contribution is 2.19. The number of hydrogen-bond acceptors (Lipinski definition) is 6. The lowest BCUT2D eigenvalue weighted by Crippen LogP contribution is -2.30. The molecule has 0 N–H and O–H groups in total. The van der Waals surface area contributed by atoms with E-state index in [1.807, 2.05) is 0 Å². The second-order valence-corrected chi connectivity index (χ2v) is 24.5. The summed E-state index contributed by atoms with van der Waals surface area (Å²) < 4.78 is 16.9. The summed E-state index contributed by atoms with van der Waals surface area (Å²) >= 11 is 0. The number of carbonyl (C=O) groups is 3. The molecule has 1 unspecified atom stereocenters. The molecule has 0 saturated heterocycles. The van der Waals surface area contributed by atoms with Crippen LogP contribution < -0.4 is 0 Å². The largest absolute Gasteiger partial charge is 0.462 e. The Labute approximate surface area is 488 Å². The van der Waals surface area contributed by atoms with E-state index in [0.29, 0.717) is 19.3 Å². The van der Waals surface area contributed by atoms with Crippen molar-refractivity contribution in [1.82, 2.24) is 0 Å². The number of ether oxygens (including phenoxy) is 3. The van der Waals surface area contributed by atoms with E-state index in [-0.39, 0.29) is 31.1 Å². The SMILES string of the molecule is CCC/C=C\CCCCCCCC(=O)OCC(COC(=O)CCCCCCCCCCCCCCCCCCCCCCCCCCCCCCCCCC)OC(=O)CCCCCCCCCCCCCCCCCCCC. The van der Waals surface area contributed by atoms with Crippen LogP contribution in [0.3, 0.4) is 0 Å². The normalized spacial score (nSPS) is 12.0. The lowest BCUT2D eigenvalue weighted by Gasteiger charge is -2.18. The molecule has 0 bridgehead atoms. The predicted octanol–water partition coefficient (Wildman–Crippen LogP) is 24.4. The van der Waals surface area contributed by atoms with Crippen LogP contribution in [0.2, 0.25) is 0 Å². The molecule has 0 aromatic carbocycles. The summed E-state index contributed by atoms with van der Waals surface area (Å²) in [4.78, 5) is 38.3. The zero-order valence-corrected chi connectivity index (χ0v) is 53.2. The maximum atomic E-state index is 12.9. The van der Waals surface area contributed by atoms with Crippen molar-refractivity contribution in [2.24, 2.45) is 0 Å². The number of hydrogen-bond donors (Lipinski definition) is 0. The summed E-state index contributed by atoms with van der Waals surface area (Å²) in [6, 6.07) is 0. The van der Waals surface area contributed by atoms with Crippen LogP contribution in [0, 0.1) is 0 Å². The third-order valence-electron chi connectivity index (χ3n) is 16.5. The molecule has 78 heavy (non-hydrogen) atoms. The lowest BCUT2D eigenvalue weighted by molar-refractivity contribution is -0.167. The average Bonchev–Trinajstić information content (AvgIpc) is 3.44. The number of rotatable bonds is 67. The molecule has 0 aliphatic carbocycles. The van der Waals surface area contributed by atoms with Gasteiger partial charge in [-0.25, -0.2) is 0 Å². The molecule has 0 fully saturated rings. The molecule has 0 spiro atoms. The first-order valence-electron chi connectivity index (χ1n) is 35.7. The molecule has 0 aliphatic heterocycles. The van der Waals surface area contributed by atoms with E-state index >= 15 is 0 Å². The molecular weight excluding hydrogens is 961 g/mol. The molecule has 0 aromatic rings. The summed E-state index contributed by atoms with van der Waals surface area (Å²) in [5.74, 6) is -0.846. The quantitative estimate of drug-likeness (QED) is 0.0261. The Morgan fingerprint density at radius 2 is 0.449 bits per heavy atom. The Balaban J connectivity index is 4.02. The van der Waals surface area contributed by atoms with Crippen LogP contribution >= 0.6 is 0 Å². The highest BCUT2D eigenvalue weighted by molar-refractivity contribution is 5.71. The van der Waals surface area contributed by atoms with Crippen LogP contribution in [0.5, 0.6) is 0 Å². The van der Waals surface area contributed by atoms with Gasteiger partial charge in [0.15, 0.2) is 6.10 Å². The van der Waals surface area contributed by atoms with Gasteiger partial charge in [0.25, 0.3) is 0 Å². The van der Waals surface area contributed by atoms with Gasteiger partial charge >= 0.3 is 17.9 Å². The first kappa shape index (κ1) is 76.1. The molecule has 0 saturated carbocycles. The third-order valence-corrected chi connectivity index (χ3v) is 16.5. The maximum Gasteiger partial charge on any atom is 0.306 e. The topological polar surface area (TPSA) is 78.9 Å². The van der Waals surface area contributed by atoms with Crippen LogP contribution in [0.1, 0.15) is 412 Å². The zero-order chi connectivity index (χ0) is 56.4. The van der Waals surface area contributed by atoms with Crippen LogP contribution in [0.15, 0.2) is 12.2 Å². The maximum absolute atomic E-state index is 12.9. The van der Waals surface area contributed by atoms with Gasteiger partial charge in [0.1, 0.15) is 13.2 Å². The number of carbonyl (C=O) groups excluding carboxylic acids is 3. The molecule has 462 valence electrons. The Morgan fingerprint density at radius 3 is 0.692 bits per heavy atom. The van der Waals surface area contributed by atoms with Crippen molar-refractivity contribution in [3.63, 3.8) is 0 Å². The average molecular weight is 1100 g/mol. The zero-order valence-electron chi connectivity index (χ0n) is 53.2. The molecule has 0 heterocycles. The second-order valence-electron chi connectivity index (χ2n) is 24.5. The fourth-order valence-electron chi connectivity index (χ4n) is 11.2. The van der Waals surface area contributed by atoms with Gasteiger partial charge in [-0.1, -0.05) is 367 Å². The van der Waals surface area contributed by atoms with Crippen molar-refractivity contribution in [2.45, 2.75) is 419 Å². The smallest absolute Gasteiger partial charge is 0.306 e. The molecule has 0 amide bonds. The molecule has 0 aliphatic rings. The van der Waals surface area contributed by atoms with Crippen LogP contribution in [0.4, 0.5) is 0 Å². The standard InChI is InChI=1S/C72H138O6/c1-4-7-10-13-16-19-22-24-26-28-30-31-32-33-34-35-36-37-38-39-40-41-42-43-45-46-48-50-53-56-59-62-65-71(74)77-68-69(67-76-70(73)64-61-58-55-52-21-18-15-12-9-6-3)78-72(75)66-63-60-57-54-51-49-47-44-29-27-25-23-20-17-14-11-8-5-2/h12,15,69H,4-11,13-14,16-68H2,1-3H3/b15-12-. The summed E-state index contributed by atoms with van der Waals surface area (Å²) in [6.07, 6.45) is 81.3. The minimum atomic E-state index is -0.769. The minimum absolute atomic E-state index is 0.0662. The van der Waals surface area contributed by atoms with Gasteiger partial charge in [-0.15, -0.1) is 0 Å². The van der Waals surface area contributed by atoms with Gasteiger partial charge in [0, 0.05) is 19.3 Å². The second kappa shape index (κ2) is 67.7. The molecule has 0 radical (unpaired) electrons. The number of allylic oxidation sites excluding steroid dienone is 2. The van der Waals surface area contributed by atoms with Gasteiger partial charge in [0.05, 0.1) is 0 Å². The van der Waals surface area contributed by atoms with Crippen LogP contribution in [-0.2, 0) is 28.6 Å². The van der Waals surface area contributed by atoms with E-state index in [0.717, 1.165) is 70.6 Å². The Kier molecular flexibility index (Phi) is 66.0. The van der Waals surface area contributed by atoms with Crippen molar-refractivity contribution in [3.8, 4) is 0 Å². The van der Waals surface area contributed by atoms with Gasteiger partial charge < -0.3 is 14.2 Å². The summed E-state index contributed by atoms with van der Waals surface area (Å²) in [7, 11) is 0. The fourth-order valence-corrected chi connectivity index (χ4v) is 11.2. The van der Waals surface area contributed by atoms with Gasteiger partial charge in [0.2, 0.25) is 0 Å². The van der Waals surface area contributed by atoms with E-state index < -0.39 is 6.10 Å². The van der Waals surface area contributed by atoms with Crippen LogP contribution in [0.25, 0.3) is 0 Å². The Hall–Kier alpha value is -1.85. The van der Waals surface area contributed by atoms with Crippen molar-refractivity contribution in [3.05, 3.63) is 12.2 Å². The molecule has 1 atom stereocenters. The molecule has 0 aromatic heterocycles. The third kappa shape index (κ3) is 65.0.